The molecule has 0 atom stereocenters. The Morgan fingerprint density at radius 3 is 2.57 bits per heavy atom. The van der Waals surface area contributed by atoms with E-state index in [1.54, 1.807) is 6.07 Å². The van der Waals surface area contributed by atoms with Crippen molar-refractivity contribution < 1.29 is 9.90 Å². The Morgan fingerprint density at radius 2 is 2.00 bits per heavy atom. The zero-order valence-electron chi connectivity index (χ0n) is 13.2. The van der Waals surface area contributed by atoms with E-state index in [2.05, 4.69) is 25.8 Å². The van der Waals surface area contributed by atoms with Crippen molar-refractivity contribution in [3.05, 3.63) is 29.3 Å². The molecule has 0 aromatic heterocycles. The van der Waals surface area contributed by atoms with Crippen molar-refractivity contribution in [2.75, 3.05) is 12.8 Å². The van der Waals surface area contributed by atoms with Gasteiger partial charge in [-0.05, 0) is 49.8 Å². The van der Waals surface area contributed by atoms with Gasteiger partial charge in [0, 0.05) is 18.3 Å². The molecule has 1 aliphatic rings. The number of nitrogen functional groups attached to an aromatic ring is 1. The SMILES string of the molecule is CN(Cc1cccc(N)c1C(=O)O)C1CCC(C)(C)CC1. The van der Waals surface area contributed by atoms with E-state index in [1.807, 2.05) is 12.1 Å². The smallest absolute Gasteiger partial charge is 0.338 e. The molecule has 0 radical (unpaired) electrons. The molecule has 3 N–H and O–H groups in total. The van der Waals surface area contributed by atoms with Crippen LogP contribution in [0.2, 0.25) is 0 Å². The molecule has 0 amide bonds. The van der Waals surface area contributed by atoms with Gasteiger partial charge in [-0.15, -0.1) is 0 Å². The molecule has 1 saturated carbocycles. The highest BCUT2D eigenvalue weighted by molar-refractivity contribution is 5.95. The molecule has 0 bridgehead atoms. The van der Waals surface area contributed by atoms with Crippen LogP contribution in [0.1, 0.15) is 55.5 Å². The minimum absolute atomic E-state index is 0.250. The van der Waals surface area contributed by atoms with Crippen LogP contribution in [-0.2, 0) is 6.54 Å². The molecule has 1 aromatic carbocycles. The number of rotatable bonds is 4. The molecular formula is C17H26N2O2. The number of carboxylic acid groups (broad SMARTS) is 1. The van der Waals surface area contributed by atoms with Crippen LogP contribution in [-0.4, -0.2) is 29.1 Å². The van der Waals surface area contributed by atoms with E-state index >= 15 is 0 Å². The van der Waals surface area contributed by atoms with Gasteiger partial charge in [-0.2, -0.15) is 0 Å². The van der Waals surface area contributed by atoms with Crippen LogP contribution in [0.3, 0.4) is 0 Å². The fourth-order valence-corrected chi connectivity index (χ4v) is 3.24. The van der Waals surface area contributed by atoms with Gasteiger partial charge in [0.15, 0.2) is 0 Å². The number of carboxylic acids is 1. The van der Waals surface area contributed by atoms with Gasteiger partial charge in [0.05, 0.1) is 5.56 Å². The normalized spacial score (nSPS) is 18.9. The van der Waals surface area contributed by atoms with Gasteiger partial charge < -0.3 is 10.8 Å². The number of aromatic carboxylic acids is 1. The zero-order chi connectivity index (χ0) is 15.6. The summed E-state index contributed by atoms with van der Waals surface area (Å²) in [6, 6.07) is 5.87. The predicted octanol–water partition coefficient (Wildman–Crippen LogP) is 3.37. The van der Waals surface area contributed by atoms with Crippen molar-refractivity contribution in [1.82, 2.24) is 4.90 Å². The standard InChI is InChI=1S/C17H26N2O2/c1-17(2)9-7-13(8-10-17)19(3)11-12-5-4-6-14(18)15(12)16(20)21/h4-6,13H,7-11,18H2,1-3H3,(H,20,21). The Balaban J connectivity index is 2.08. The number of carbonyl (C=O) groups is 1. The van der Waals surface area contributed by atoms with E-state index in [-0.39, 0.29) is 5.56 Å². The summed E-state index contributed by atoms with van der Waals surface area (Å²) < 4.78 is 0. The van der Waals surface area contributed by atoms with Gasteiger partial charge >= 0.3 is 5.97 Å². The van der Waals surface area contributed by atoms with Crippen LogP contribution in [0.15, 0.2) is 18.2 Å². The average Bonchev–Trinajstić information content (AvgIpc) is 2.38. The van der Waals surface area contributed by atoms with E-state index in [9.17, 15) is 9.90 Å². The van der Waals surface area contributed by atoms with E-state index in [0.717, 1.165) is 5.56 Å². The highest BCUT2D eigenvalue weighted by atomic mass is 16.4. The Bertz CT molecular complexity index is 516. The van der Waals surface area contributed by atoms with Crippen molar-refractivity contribution in [2.24, 2.45) is 5.41 Å². The zero-order valence-corrected chi connectivity index (χ0v) is 13.2. The van der Waals surface area contributed by atoms with E-state index < -0.39 is 5.97 Å². The largest absolute Gasteiger partial charge is 0.478 e. The Morgan fingerprint density at radius 1 is 1.38 bits per heavy atom. The van der Waals surface area contributed by atoms with E-state index in [4.69, 9.17) is 5.73 Å². The van der Waals surface area contributed by atoms with Crippen LogP contribution in [0.5, 0.6) is 0 Å². The molecular weight excluding hydrogens is 264 g/mol. The molecule has 1 aromatic rings. The third kappa shape index (κ3) is 3.76. The Kier molecular flexibility index (Phi) is 4.57. The van der Waals surface area contributed by atoms with Gasteiger partial charge in [0.2, 0.25) is 0 Å². The lowest BCUT2D eigenvalue weighted by Crippen LogP contribution is -2.37. The molecule has 0 saturated heterocycles. The first-order valence-corrected chi connectivity index (χ1v) is 7.61. The summed E-state index contributed by atoms with van der Waals surface area (Å²) in [7, 11) is 2.08. The van der Waals surface area contributed by atoms with E-state index in [0.29, 0.717) is 23.7 Å². The highest BCUT2D eigenvalue weighted by Gasteiger charge is 2.29. The monoisotopic (exact) mass is 290 g/mol. The fraction of sp³-hybridized carbons (Fsp3) is 0.588. The average molecular weight is 290 g/mol. The van der Waals surface area contributed by atoms with Gasteiger partial charge in [-0.1, -0.05) is 26.0 Å². The molecule has 0 heterocycles. The summed E-state index contributed by atoms with van der Waals surface area (Å²) >= 11 is 0. The van der Waals surface area contributed by atoms with E-state index in [1.165, 1.54) is 25.7 Å². The van der Waals surface area contributed by atoms with Crippen molar-refractivity contribution in [3.63, 3.8) is 0 Å². The lowest BCUT2D eigenvalue weighted by atomic mass is 9.75. The van der Waals surface area contributed by atoms with Gasteiger partial charge in [0.1, 0.15) is 0 Å². The van der Waals surface area contributed by atoms with Crippen LogP contribution < -0.4 is 5.73 Å². The summed E-state index contributed by atoms with van der Waals surface area (Å²) in [4.78, 5) is 13.7. The number of benzene rings is 1. The third-order valence-corrected chi connectivity index (χ3v) is 4.75. The van der Waals surface area contributed by atoms with Gasteiger partial charge in [0.25, 0.3) is 0 Å². The number of nitrogens with two attached hydrogens (primary N) is 1. The summed E-state index contributed by atoms with van der Waals surface area (Å²) in [6.07, 6.45) is 4.80. The van der Waals surface area contributed by atoms with Crippen LogP contribution in [0.4, 0.5) is 5.69 Å². The highest BCUT2D eigenvalue weighted by Crippen LogP contribution is 2.37. The Labute approximate surface area is 126 Å². The predicted molar refractivity (Wildman–Crippen MR) is 85.3 cm³/mol. The van der Waals surface area contributed by atoms with Gasteiger partial charge in [-0.25, -0.2) is 4.79 Å². The number of nitrogens with zero attached hydrogens (tertiary/aromatic N) is 1. The maximum Gasteiger partial charge on any atom is 0.338 e. The molecule has 0 spiro atoms. The molecule has 2 rings (SSSR count). The summed E-state index contributed by atoms with van der Waals surface area (Å²) in [5.74, 6) is -0.943. The molecule has 4 nitrogen and oxygen atoms in total. The minimum atomic E-state index is -0.943. The first-order valence-electron chi connectivity index (χ1n) is 7.61. The quantitative estimate of drug-likeness (QED) is 0.834. The second-order valence-corrected chi connectivity index (χ2v) is 7.00. The van der Waals surface area contributed by atoms with Crippen molar-refractivity contribution in [3.8, 4) is 0 Å². The van der Waals surface area contributed by atoms with Crippen LogP contribution in [0, 0.1) is 5.41 Å². The van der Waals surface area contributed by atoms with Crippen molar-refractivity contribution in [2.45, 2.75) is 52.1 Å². The molecule has 116 valence electrons. The summed E-state index contributed by atoms with van der Waals surface area (Å²) in [5, 5.41) is 9.34. The summed E-state index contributed by atoms with van der Waals surface area (Å²) in [6.45, 7) is 5.28. The molecule has 1 aliphatic carbocycles. The van der Waals surface area contributed by atoms with Crippen LogP contribution in [0.25, 0.3) is 0 Å². The van der Waals surface area contributed by atoms with Crippen molar-refractivity contribution >= 4 is 11.7 Å². The molecule has 0 aliphatic heterocycles. The topological polar surface area (TPSA) is 66.6 Å². The number of hydrogen-bond acceptors (Lipinski definition) is 3. The molecule has 1 fully saturated rings. The van der Waals surface area contributed by atoms with Crippen molar-refractivity contribution in [1.29, 1.82) is 0 Å². The molecule has 4 heteroatoms. The summed E-state index contributed by atoms with van der Waals surface area (Å²) in [5.41, 5.74) is 7.65. The number of hydrogen-bond donors (Lipinski definition) is 2. The second-order valence-electron chi connectivity index (χ2n) is 7.00. The maximum absolute atomic E-state index is 11.4. The molecule has 0 unspecified atom stereocenters. The fourth-order valence-electron chi connectivity index (χ4n) is 3.24. The molecule has 21 heavy (non-hydrogen) atoms. The first kappa shape index (κ1) is 15.8. The third-order valence-electron chi connectivity index (χ3n) is 4.75. The van der Waals surface area contributed by atoms with Crippen LogP contribution >= 0.6 is 0 Å². The first-order chi connectivity index (χ1) is 9.80. The minimum Gasteiger partial charge on any atom is -0.478 e. The Hall–Kier alpha value is -1.55. The van der Waals surface area contributed by atoms with Gasteiger partial charge in [-0.3, -0.25) is 4.90 Å². The maximum atomic E-state index is 11.4. The lowest BCUT2D eigenvalue weighted by Gasteiger charge is -2.38. The number of anilines is 1. The second kappa shape index (κ2) is 6.06. The lowest BCUT2D eigenvalue weighted by molar-refractivity contribution is 0.0694.